The van der Waals surface area contributed by atoms with Gasteiger partial charge in [0.2, 0.25) is 0 Å². The monoisotopic (exact) mass is 194 g/mol. The first kappa shape index (κ1) is 8.40. The minimum atomic E-state index is 0.502. The molecule has 0 saturated heterocycles. The molecule has 0 aliphatic heterocycles. The van der Waals surface area contributed by atoms with Gasteiger partial charge in [0.15, 0.2) is 0 Å². The summed E-state index contributed by atoms with van der Waals surface area (Å²) in [6.45, 7) is 2.48. The van der Waals surface area contributed by atoms with Gasteiger partial charge in [-0.3, -0.25) is 5.10 Å². The number of thiazole rings is 1. The molecule has 0 atom stereocenters. The summed E-state index contributed by atoms with van der Waals surface area (Å²) >= 11 is 1.58. The number of rotatable bonds is 2. The van der Waals surface area contributed by atoms with Crippen molar-refractivity contribution < 1.29 is 0 Å². The van der Waals surface area contributed by atoms with Crippen molar-refractivity contribution in [3.63, 3.8) is 0 Å². The maximum Gasteiger partial charge on any atom is 0.107 e. The second kappa shape index (κ2) is 3.27. The van der Waals surface area contributed by atoms with Crippen LogP contribution in [0, 0.1) is 6.92 Å². The molecule has 5 heteroatoms. The first-order valence-corrected chi connectivity index (χ1v) is 4.84. The fourth-order valence-corrected chi connectivity index (χ4v) is 1.81. The van der Waals surface area contributed by atoms with Crippen molar-refractivity contribution in [3.8, 4) is 11.3 Å². The lowest BCUT2D eigenvalue weighted by Gasteiger charge is -1.91. The Morgan fingerprint density at radius 1 is 1.62 bits per heavy atom. The minimum Gasteiger partial charge on any atom is -0.325 e. The Morgan fingerprint density at radius 3 is 3.00 bits per heavy atom. The lowest BCUT2D eigenvalue weighted by molar-refractivity contribution is 1.04. The van der Waals surface area contributed by atoms with Gasteiger partial charge in [0.05, 0.1) is 11.9 Å². The lowest BCUT2D eigenvalue weighted by Crippen LogP contribution is -1.94. The molecule has 2 aromatic rings. The predicted molar refractivity (Wildman–Crippen MR) is 52.3 cm³/mol. The number of H-pyrrole nitrogens is 1. The van der Waals surface area contributed by atoms with Crippen LogP contribution in [0.4, 0.5) is 0 Å². The summed E-state index contributed by atoms with van der Waals surface area (Å²) in [5.41, 5.74) is 8.52. The van der Waals surface area contributed by atoms with Gasteiger partial charge >= 0.3 is 0 Å². The fraction of sp³-hybridized carbons (Fsp3) is 0.250. The van der Waals surface area contributed by atoms with Crippen LogP contribution in [0.3, 0.4) is 0 Å². The predicted octanol–water partition coefficient (Wildman–Crippen LogP) is 1.30. The highest BCUT2D eigenvalue weighted by atomic mass is 32.1. The van der Waals surface area contributed by atoms with Crippen LogP contribution in [-0.2, 0) is 6.54 Å². The molecule has 2 aromatic heterocycles. The van der Waals surface area contributed by atoms with Crippen molar-refractivity contribution >= 4 is 11.3 Å². The molecule has 13 heavy (non-hydrogen) atoms. The zero-order valence-corrected chi connectivity index (χ0v) is 8.06. The number of hydrogen-bond donors (Lipinski definition) is 2. The van der Waals surface area contributed by atoms with Crippen molar-refractivity contribution in [2.45, 2.75) is 13.5 Å². The Morgan fingerprint density at radius 2 is 2.46 bits per heavy atom. The summed E-state index contributed by atoms with van der Waals surface area (Å²) < 4.78 is 0. The second-order valence-electron chi connectivity index (χ2n) is 2.74. The van der Waals surface area contributed by atoms with Gasteiger partial charge < -0.3 is 5.73 Å². The standard InChI is InChI=1S/C8H10N4S/c1-5-6(3-10-12-5)7-4-13-8(2-9)11-7/h3-4H,2,9H2,1H3,(H,10,12). The number of nitrogens with two attached hydrogens (primary N) is 1. The van der Waals surface area contributed by atoms with E-state index in [0.717, 1.165) is 22.0 Å². The van der Waals surface area contributed by atoms with Gasteiger partial charge in [-0.15, -0.1) is 11.3 Å². The van der Waals surface area contributed by atoms with Crippen LogP contribution in [-0.4, -0.2) is 15.2 Å². The second-order valence-corrected chi connectivity index (χ2v) is 3.68. The summed E-state index contributed by atoms with van der Waals surface area (Å²) in [6.07, 6.45) is 1.78. The Hall–Kier alpha value is -1.20. The average molecular weight is 194 g/mol. The first-order chi connectivity index (χ1) is 6.31. The summed E-state index contributed by atoms with van der Waals surface area (Å²) in [5, 5.41) is 9.77. The zero-order chi connectivity index (χ0) is 9.26. The molecule has 0 saturated carbocycles. The molecular weight excluding hydrogens is 184 g/mol. The topological polar surface area (TPSA) is 67.6 Å². The Labute approximate surface area is 79.8 Å². The Bertz CT molecular complexity index is 404. The van der Waals surface area contributed by atoms with E-state index in [1.165, 1.54) is 0 Å². The van der Waals surface area contributed by atoms with E-state index in [0.29, 0.717) is 6.54 Å². The van der Waals surface area contributed by atoms with Gasteiger partial charge in [0.25, 0.3) is 0 Å². The lowest BCUT2D eigenvalue weighted by atomic mass is 10.2. The molecule has 0 radical (unpaired) electrons. The van der Waals surface area contributed by atoms with Crippen LogP contribution in [0.5, 0.6) is 0 Å². The van der Waals surface area contributed by atoms with E-state index < -0.39 is 0 Å². The molecule has 0 aliphatic carbocycles. The summed E-state index contributed by atoms with van der Waals surface area (Å²) in [4.78, 5) is 4.37. The third-order valence-corrected chi connectivity index (χ3v) is 2.70. The molecule has 2 heterocycles. The normalized spacial score (nSPS) is 10.6. The van der Waals surface area contributed by atoms with Gasteiger partial charge in [-0.25, -0.2) is 4.98 Å². The van der Waals surface area contributed by atoms with E-state index >= 15 is 0 Å². The molecule has 68 valence electrons. The highest BCUT2D eigenvalue weighted by Crippen LogP contribution is 2.22. The van der Waals surface area contributed by atoms with Crippen molar-refractivity contribution in [1.82, 2.24) is 15.2 Å². The third-order valence-electron chi connectivity index (χ3n) is 1.83. The van der Waals surface area contributed by atoms with Crippen LogP contribution >= 0.6 is 11.3 Å². The van der Waals surface area contributed by atoms with E-state index in [4.69, 9.17) is 5.73 Å². The number of aryl methyl sites for hydroxylation is 1. The van der Waals surface area contributed by atoms with E-state index in [1.807, 2.05) is 12.3 Å². The number of hydrogen-bond acceptors (Lipinski definition) is 4. The zero-order valence-electron chi connectivity index (χ0n) is 7.24. The largest absolute Gasteiger partial charge is 0.325 e. The third kappa shape index (κ3) is 1.48. The van der Waals surface area contributed by atoms with Gasteiger partial charge in [-0.05, 0) is 6.92 Å². The molecule has 2 rings (SSSR count). The van der Waals surface area contributed by atoms with Crippen LogP contribution in [0.1, 0.15) is 10.7 Å². The van der Waals surface area contributed by atoms with E-state index in [1.54, 1.807) is 17.5 Å². The molecule has 0 aliphatic rings. The highest BCUT2D eigenvalue weighted by Gasteiger charge is 2.07. The molecule has 0 bridgehead atoms. The SMILES string of the molecule is Cc1[nH]ncc1-c1csc(CN)n1. The fourth-order valence-electron chi connectivity index (χ4n) is 1.14. The van der Waals surface area contributed by atoms with Gasteiger partial charge in [-0.2, -0.15) is 5.10 Å². The molecule has 0 amide bonds. The summed E-state index contributed by atoms with van der Waals surface area (Å²) in [7, 11) is 0. The van der Waals surface area contributed by atoms with E-state index in [9.17, 15) is 0 Å². The highest BCUT2D eigenvalue weighted by molar-refractivity contribution is 7.09. The molecule has 0 aromatic carbocycles. The van der Waals surface area contributed by atoms with Crippen LogP contribution < -0.4 is 5.73 Å². The maximum absolute atomic E-state index is 5.48. The quantitative estimate of drug-likeness (QED) is 0.757. The number of nitrogens with zero attached hydrogens (tertiary/aromatic N) is 2. The Balaban J connectivity index is 2.41. The van der Waals surface area contributed by atoms with Crippen molar-refractivity contribution in [3.05, 3.63) is 22.3 Å². The first-order valence-electron chi connectivity index (χ1n) is 3.96. The number of aromatic nitrogens is 3. The van der Waals surface area contributed by atoms with Crippen LogP contribution in [0.2, 0.25) is 0 Å². The molecule has 3 N–H and O–H groups in total. The smallest absolute Gasteiger partial charge is 0.107 e. The van der Waals surface area contributed by atoms with Gasteiger partial charge in [-0.1, -0.05) is 0 Å². The average Bonchev–Trinajstić information content (AvgIpc) is 2.71. The van der Waals surface area contributed by atoms with Crippen molar-refractivity contribution in [2.24, 2.45) is 5.73 Å². The van der Waals surface area contributed by atoms with E-state index in [2.05, 4.69) is 15.2 Å². The molecular formula is C8H10N4S. The minimum absolute atomic E-state index is 0.502. The van der Waals surface area contributed by atoms with Gasteiger partial charge in [0, 0.05) is 23.2 Å². The maximum atomic E-state index is 5.48. The van der Waals surface area contributed by atoms with Crippen molar-refractivity contribution in [2.75, 3.05) is 0 Å². The number of aromatic amines is 1. The van der Waals surface area contributed by atoms with E-state index in [-0.39, 0.29) is 0 Å². The molecule has 0 fully saturated rings. The van der Waals surface area contributed by atoms with Gasteiger partial charge in [0.1, 0.15) is 5.01 Å². The molecule has 0 unspecified atom stereocenters. The number of nitrogens with one attached hydrogen (secondary N) is 1. The molecule has 4 nitrogen and oxygen atoms in total. The van der Waals surface area contributed by atoms with Crippen LogP contribution in [0.15, 0.2) is 11.6 Å². The van der Waals surface area contributed by atoms with Crippen LogP contribution in [0.25, 0.3) is 11.3 Å². The Kier molecular flexibility index (Phi) is 2.12. The summed E-state index contributed by atoms with van der Waals surface area (Å²) in [5.74, 6) is 0. The van der Waals surface area contributed by atoms with Crippen molar-refractivity contribution in [1.29, 1.82) is 0 Å². The molecule has 0 spiro atoms. The summed E-state index contributed by atoms with van der Waals surface area (Å²) in [6, 6.07) is 0.